The second-order valence-electron chi connectivity index (χ2n) is 6.79. The van der Waals surface area contributed by atoms with Crippen molar-refractivity contribution in [3.05, 3.63) is 41.5 Å². The Labute approximate surface area is 161 Å². The van der Waals surface area contributed by atoms with E-state index >= 15 is 0 Å². The van der Waals surface area contributed by atoms with Crippen LogP contribution < -0.4 is 5.32 Å². The third-order valence-corrected chi connectivity index (χ3v) is 5.05. The summed E-state index contributed by atoms with van der Waals surface area (Å²) in [5.74, 6) is -1.94. The van der Waals surface area contributed by atoms with Gasteiger partial charge in [0.25, 0.3) is 5.91 Å². The van der Waals surface area contributed by atoms with Gasteiger partial charge < -0.3 is 19.5 Å². The van der Waals surface area contributed by atoms with Crippen molar-refractivity contribution >= 4 is 29.5 Å². The van der Waals surface area contributed by atoms with Gasteiger partial charge >= 0.3 is 17.9 Å². The molecule has 2 aliphatic rings. The summed E-state index contributed by atoms with van der Waals surface area (Å²) in [6, 6.07) is 4.04. The number of fused-ring (bicyclic) bond motifs is 2. The average molecular weight is 387 g/mol. The number of rotatable bonds is 6. The van der Waals surface area contributed by atoms with Crippen LogP contribution in [0.2, 0.25) is 0 Å². The molecule has 0 unspecified atom stereocenters. The quantitative estimate of drug-likeness (QED) is 0.451. The van der Waals surface area contributed by atoms with Crippen molar-refractivity contribution in [3.8, 4) is 0 Å². The van der Waals surface area contributed by atoms with Gasteiger partial charge in [0, 0.05) is 0 Å². The maximum atomic E-state index is 12.2. The number of hydrogen-bond acceptors (Lipinski definition) is 7. The lowest BCUT2D eigenvalue weighted by Crippen LogP contribution is -2.27. The summed E-state index contributed by atoms with van der Waals surface area (Å²) in [7, 11) is 2.42. The molecule has 1 aromatic rings. The van der Waals surface area contributed by atoms with Gasteiger partial charge in [-0.25, -0.2) is 9.59 Å². The first-order chi connectivity index (χ1) is 13.4. The molecule has 8 nitrogen and oxygen atoms in total. The molecule has 0 saturated heterocycles. The molecule has 8 heteroatoms. The number of amides is 1. The van der Waals surface area contributed by atoms with Crippen molar-refractivity contribution in [2.24, 2.45) is 17.8 Å². The first kappa shape index (κ1) is 19.6. The van der Waals surface area contributed by atoms with Crippen LogP contribution in [0.5, 0.6) is 0 Å². The number of esters is 3. The molecule has 1 fully saturated rings. The number of nitrogens with one attached hydrogen (secondary N) is 1. The number of methoxy groups -OCH3 is 2. The van der Waals surface area contributed by atoms with Gasteiger partial charge in [0.05, 0.1) is 37.0 Å². The van der Waals surface area contributed by atoms with Crippen LogP contribution in [0.25, 0.3) is 0 Å². The Bertz CT molecular complexity index is 845. The molecule has 1 N–H and O–H groups in total. The fourth-order valence-corrected chi connectivity index (χ4v) is 3.66. The van der Waals surface area contributed by atoms with Crippen LogP contribution in [0.4, 0.5) is 5.69 Å². The van der Waals surface area contributed by atoms with E-state index in [4.69, 9.17) is 4.74 Å². The number of anilines is 1. The van der Waals surface area contributed by atoms with Crippen molar-refractivity contribution in [2.45, 2.75) is 12.8 Å². The predicted octanol–water partition coefficient (Wildman–Crippen LogP) is 1.95. The summed E-state index contributed by atoms with van der Waals surface area (Å²) < 4.78 is 14.5. The van der Waals surface area contributed by atoms with Crippen LogP contribution in [0.15, 0.2) is 30.4 Å². The summed E-state index contributed by atoms with van der Waals surface area (Å²) in [6.45, 7) is -0.487. The zero-order chi connectivity index (χ0) is 20.3. The number of carbonyl (C=O) groups excluding carboxylic acids is 4. The van der Waals surface area contributed by atoms with Crippen molar-refractivity contribution in [2.75, 3.05) is 26.1 Å². The van der Waals surface area contributed by atoms with Gasteiger partial charge in [0.1, 0.15) is 0 Å². The summed E-state index contributed by atoms with van der Waals surface area (Å²) in [5, 5.41) is 2.49. The molecule has 0 aromatic heterocycles. The normalized spacial score (nSPS) is 21.9. The van der Waals surface area contributed by atoms with E-state index in [1.54, 1.807) is 0 Å². The molecule has 1 aromatic carbocycles. The minimum absolute atomic E-state index is 0.0630. The molecule has 2 aliphatic carbocycles. The molecule has 148 valence electrons. The Hall–Kier alpha value is -3.16. The van der Waals surface area contributed by atoms with Crippen LogP contribution in [-0.2, 0) is 23.8 Å². The monoisotopic (exact) mass is 387 g/mol. The SMILES string of the molecule is COC(=O)c1ccc(C(=O)OC)c(NC(=O)COC(=O)[C@@H]2C[C@H]3C=C[C@H]2C3)c1. The predicted molar refractivity (Wildman–Crippen MR) is 97.6 cm³/mol. The average Bonchev–Trinajstić information content (AvgIpc) is 3.34. The Morgan fingerprint density at radius 1 is 1.04 bits per heavy atom. The smallest absolute Gasteiger partial charge is 0.339 e. The third kappa shape index (κ3) is 4.05. The highest BCUT2D eigenvalue weighted by Crippen LogP contribution is 2.43. The topological polar surface area (TPSA) is 108 Å². The van der Waals surface area contributed by atoms with Crippen LogP contribution >= 0.6 is 0 Å². The molecule has 28 heavy (non-hydrogen) atoms. The largest absolute Gasteiger partial charge is 0.465 e. The molecule has 0 radical (unpaired) electrons. The lowest BCUT2D eigenvalue weighted by Gasteiger charge is -2.17. The number of allylic oxidation sites excluding steroid dienone is 2. The molecule has 0 aliphatic heterocycles. The molecule has 0 spiro atoms. The summed E-state index contributed by atoms with van der Waals surface area (Å²) in [6.07, 6.45) is 5.84. The maximum Gasteiger partial charge on any atom is 0.339 e. The van der Waals surface area contributed by atoms with Gasteiger partial charge in [-0.2, -0.15) is 0 Å². The molecule has 3 atom stereocenters. The van der Waals surface area contributed by atoms with Crippen molar-refractivity contribution in [1.82, 2.24) is 0 Å². The Morgan fingerprint density at radius 2 is 1.79 bits per heavy atom. The Kier molecular flexibility index (Phi) is 5.77. The first-order valence-corrected chi connectivity index (χ1v) is 8.88. The Morgan fingerprint density at radius 3 is 2.39 bits per heavy atom. The maximum absolute atomic E-state index is 12.2. The molecule has 1 saturated carbocycles. The van der Waals surface area contributed by atoms with Crippen LogP contribution in [0.1, 0.15) is 33.6 Å². The highest BCUT2D eigenvalue weighted by molar-refractivity contribution is 6.04. The summed E-state index contributed by atoms with van der Waals surface area (Å²) in [5.41, 5.74) is 0.281. The number of benzene rings is 1. The standard InChI is InChI=1S/C20H21NO7/c1-26-18(23)13-5-6-14(19(24)27-2)16(9-13)21-17(22)10-28-20(25)15-8-11-3-4-12(15)7-11/h3-6,9,11-12,15H,7-8,10H2,1-2H3,(H,21,22)/t11-,12-,15+/m0/s1. The van der Waals surface area contributed by atoms with Gasteiger partial charge in [-0.3, -0.25) is 9.59 Å². The molecular weight excluding hydrogens is 366 g/mol. The minimum atomic E-state index is -0.683. The van der Waals surface area contributed by atoms with Crippen LogP contribution in [0.3, 0.4) is 0 Å². The lowest BCUT2D eigenvalue weighted by atomic mass is 9.94. The fraction of sp³-hybridized carbons (Fsp3) is 0.400. The molecule has 1 amide bonds. The van der Waals surface area contributed by atoms with Gasteiger partial charge in [-0.05, 0) is 42.9 Å². The van der Waals surface area contributed by atoms with Crippen molar-refractivity contribution in [3.63, 3.8) is 0 Å². The van der Waals surface area contributed by atoms with Gasteiger partial charge in [-0.15, -0.1) is 0 Å². The van der Waals surface area contributed by atoms with Gasteiger partial charge in [0.15, 0.2) is 6.61 Å². The van der Waals surface area contributed by atoms with Crippen molar-refractivity contribution in [1.29, 1.82) is 0 Å². The molecule has 2 bridgehead atoms. The number of carbonyl (C=O) groups is 4. The molecular formula is C20H21NO7. The van der Waals surface area contributed by atoms with E-state index in [-0.39, 0.29) is 28.7 Å². The third-order valence-electron chi connectivity index (χ3n) is 5.05. The van der Waals surface area contributed by atoms with Gasteiger partial charge in [0.2, 0.25) is 0 Å². The van der Waals surface area contributed by atoms with E-state index in [9.17, 15) is 19.2 Å². The second-order valence-corrected chi connectivity index (χ2v) is 6.79. The van der Waals surface area contributed by atoms with Crippen molar-refractivity contribution < 1.29 is 33.4 Å². The zero-order valence-corrected chi connectivity index (χ0v) is 15.6. The van der Waals surface area contributed by atoms with E-state index in [2.05, 4.69) is 20.9 Å². The number of hydrogen-bond donors (Lipinski definition) is 1. The van der Waals surface area contributed by atoms with E-state index in [1.807, 2.05) is 6.08 Å². The van der Waals surface area contributed by atoms with E-state index in [0.717, 1.165) is 12.8 Å². The minimum Gasteiger partial charge on any atom is -0.465 e. The van der Waals surface area contributed by atoms with E-state index < -0.39 is 30.4 Å². The highest BCUT2D eigenvalue weighted by Gasteiger charge is 2.40. The summed E-state index contributed by atoms with van der Waals surface area (Å²) >= 11 is 0. The second kappa shape index (κ2) is 8.24. The van der Waals surface area contributed by atoms with Gasteiger partial charge in [-0.1, -0.05) is 12.2 Å². The van der Waals surface area contributed by atoms with E-state index in [1.165, 1.54) is 32.4 Å². The lowest BCUT2D eigenvalue weighted by molar-refractivity contribution is -0.152. The molecule has 3 rings (SSSR count). The van der Waals surface area contributed by atoms with E-state index in [0.29, 0.717) is 5.92 Å². The molecule has 0 heterocycles. The highest BCUT2D eigenvalue weighted by atomic mass is 16.5. The summed E-state index contributed by atoms with van der Waals surface area (Å²) in [4.78, 5) is 48.1. The number of ether oxygens (including phenoxy) is 3. The van der Waals surface area contributed by atoms with Crippen LogP contribution in [-0.4, -0.2) is 44.6 Å². The first-order valence-electron chi connectivity index (χ1n) is 8.88. The fourth-order valence-electron chi connectivity index (χ4n) is 3.66. The zero-order valence-electron chi connectivity index (χ0n) is 15.6. The Balaban J connectivity index is 1.65. The van der Waals surface area contributed by atoms with Crippen LogP contribution in [0, 0.1) is 17.8 Å².